The third-order valence-electron chi connectivity index (χ3n) is 2.99. The second-order valence-corrected chi connectivity index (χ2v) is 4.60. The van der Waals surface area contributed by atoms with Gasteiger partial charge in [0, 0.05) is 6.07 Å². The molecule has 0 fully saturated rings. The van der Waals surface area contributed by atoms with Gasteiger partial charge in [0.2, 0.25) is 0 Å². The van der Waals surface area contributed by atoms with Crippen molar-refractivity contribution in [3.05, 3.63) is 58.1 Å². The molecule has 2 rings (SSSR count). The third-order valence-corrected chi connectivity index (χ3v) is 2.99. The summed E-state index contributed by atoms with van der Waals surface area (Å²) in [7, 11) is 1.48. The predicted octanol–water partition coefficient (Wildman–Crippen LogP) is 3.37. The Morgan fingerprint density at radius 2 is 1.68 bits per heavy atom. The molecule has 22 heavy (non-hydrogen) atoms. The summed E-state index contributed by atoms with van der Waals surface area (Å²) in [5.41, 5.74) is 1.11. The predicted molar refractivity (Wildman–Crippen MR) is 81.8 cm³/mol. The number of hydrogen-bond donors (Lipinski definition) is 0. The lowest BCUT2D eigenvalue weighted by Gasteiger charge is -2.11. The van der Waals surface area contributed by atoms with Crippen LogP contribution in [0.15, 0.2) is 42.5 Å². The van der Waals surface area contributed by atoms with Crippen LogP contribution < -0.4 is 14.2 Å². The molecule has 0 bridgehead atoms. The first kappa shape index (κ1) is 15.6. The van der Waals surface area contributed by atoms with E-state index in [1.165, 1.54) is 25.3 Å². The number of benzene rings is 2. The van der Waals surface area contributed by atoms with Crippen LogP contribution in [0.2, 0.25) is 0 Å². The highest BCUT2D eigenvalue weighted by atomic mass is 16.6. The molecule has 0 atom stereocenters. The molecule has 0 aliphatic heterocycles. The van der Waals surface area contributed by atoms with Crippen LogP contribution >= 0.6 is 0 Å². The smallest absolute Gasteiger partial charge is 0.273 e. The summed E-state index contributed by atoms with van der Waals surface area (Å²) in [6.07, 6.45) is 0. The lowest BCUT2D eigenvalue weighted by molar-refractivity contribution is -0.385. The van der Waals surface area contributed by atoms with E-state index in [9.17, 15) is 10.1 Å². The number of hydrogen-bond acceptors (Lipinski definition) is 5. The first-order valence-electron chi connectivity index (χ1n) is 6.75. The van der Waals surface area contributed by atoms with Crippen LogP contribution in [0.3, 0.4) is 0 Å². The van der Waals surface area contributed by atoms with Crippen LogP contribution in [-0.2, 0) is 0 Å². The fourth-order valence-electron chi connectivity index (χ4n) is 1.84. The zero-order valence-electron chi connectivity index (χ0n) is 12.4. The molecule has 0 aromatic heterocycles. The van der Waals surface area contributed by atoms with Gasteiger partial charge in [0.25, 0.3) is 5.69 Å². The molecule has 0 aliphatic rings. The van der Waals surface area contributed by atoms with Crippen molar-refractivity contribution in [2.45, 2.75) is 6.92 Å². The molecule has 2 aromatic carbocycles. The minimum atomic E-state index is -0.477. The summed E-state index contributed by atoms with van der Waals surface area (Å²) < 4.78 is 16.2. The van der Waals surface area contributed by atoms with Crippen LogP contribution in [0.1, 0.15) is 5.56 Å². The molecular weight excluding hydrogens is 286 g/mol. The van der Waals surface area contributed by atoms with Crippen LogP contribution in [0.25, 0.3) is 0 Å². The molecule has 0 saturated carbocycles. The van der Waals surface area contributed by atoms with Crippen LogP contribution in [0.4, 0.5) is 5.69 Å². The van der Waals surface area contributed by atoms with E-state index < -0.39 is 4.92 Å². The zero-order valence-corrected chi connectivity index (χ0v) is 12.4. The SMILES string of the molecule is COc1ccc([N+](=O)[O-])cc1OCCOc1ccc(C)cc1. The van der Waals surface area contributed by atoms with Gasteiger partial charge >= 0.3 is 0 Å². The highest BCUT2D eigenvalue weighted by Gasteiger charge is 2.12. The van der Waals surface area contributed by atoms with E-state index >= 15 is 0 Å². The van der Waals surface area contributed by atoms with E-state index in [0.29, 0.717) is 18.1 Å². The summed E-state index contributed by atoms with van der Waals surface area (Å²) in [5.74, 6) is 1.52. The van der Waals surface area contributed by atoms with Crippen molar-refractivity contribution in [3.63, 3.8) is 0 Å². The second-order valence-electron chi connectivity index (χ2n) is 4.60. The quantitative estimate of drug-likeness (QED) is 0.445. The van der Waals surface area contributed by atoms with E-state index in [4.69, 9.17) is 14.2 Å². The highest BCUT2D eigenvalue weighted by molar-refractivity contribution is 5.48. The maximum Gasteiger partial charge on any atom is 0.273 e. The lowest BCUT2D eigenvalue weighted by atomic mass is 10.2. The number of ether oxygens (including phenoxy) is 3. The Bertz CT molecular complexity index is 639. The monoisotopic (exact) mass is 303 g/mol. The van der Waals surface area contributed by atoms with Crippen LogP contribution in [0, 0.1) is 17.0 Å². The van der Waals surface area contributed by atoms with Crippen molar-refractivity contribution in [1.82, 2.24) is 0 Å². The Morgan fingerprint density at radius 3 is 2.32 bits per heavy atom. The molecule has 0 unspecified atom stereocenters. The van der Waals surface area contributed by atoms with E-state index in [1.807, 2.05) is 31.2 Å². The number of aryl methyl sites for hydroxylation is 1. The van der Waals surface area contributed by atoms with Gasteiger partial charge in [-0.05, 0) is 25.1 Å². The summed E-state index contributed by atoms with van der Waals surface area (Å²) in [5, 5.41) is 10.8. The van der Waals surface area contributed by atoms with E-state index in [-0.39, 0.29) is 12.3 Å². The van der Waals surface area contributed by atoms with E-state index in [2.05, 4.69) is 0 Å². The average Bonchev–Trinajstić information content (AvgIpc) is 2.53. The van der Waals surface area contributed by atoms with Crippen LogP contribution in [0.5, 0.6) is 17.2 Å². The maximum absolute atomic E-state index is 10.8. The van der Waals surface area contributed by atoms with Gasteiger partial charge in [-0.3, -0.25) is 10.1 Å². The first-order valence-corrected chi connectivity index (χ1v) is 6.75. The highest BCUT2D eigenvalue weighted by Crippen LogP contribution is 2.31. The van der Waals surface area contributed by atoms with Crippen LogP contribution in [-0.4, -0.2) is 25.2 Å². The summed E-state index contributed by atoms with van der Waals surface area (Å²) in [6, 6.07) is 11.9. The molecule has 0 radical (unpaired) electrons. The van der Waals surface area contributed by atoms with Gasteiger partial charge in [-0.2, -0.15) is 0 Å². The van der Waals surface area contributed by atoms with Crippen molar-refractivity contribution in [2.75, 3.05) is 20.3 Å². The number of nitrogens with zero attached hydrogens (tertiary/aromatic N) is 1. The fraction of sp³-hybridized carbons (Fsp3) is 0.250. The summed E-state index contributed by atoms with van der Waals surface area (Å²) in [4.78, 5) is 10.3. The molecule has 0 aliphatic carbocycles. The minimum absolute atomic E-state index is 0.0461. The Balaban J connectivity index is 1.91. The van der Waals surface area contributed by atoms with Gasteiger partial charge in [-0.25, -0.2) is 0 Å². The van der Waals surface area contributed by atoms with Crippen molar-refractivity contribution in [2.24, 2.45) is 0 Å². The third kappa shape index (κ3) is 4.12. The van der Waals surface area contributed by atoms with E-state index in [0.717, 1.165) is 11.3 Å². The van der Waals surface area contributed by atoms with Crippen molar-refractivity contribution in [1.29, 1.82) is 0 Å². The van der Waals surface area contributed by atoms with Gasteiger partial charge in [-0.1, -0.05) is 17.7 Å². The molecular formula is C16H17NO5. The molecule has 6 nitrogen and oxygen atoms in total. The molecule has 0 heterocycles. The van der Waals surface area contributed by atoms with Crippen molar-refractivity contribution < 1.29 is 19.1 Å². The molecule has 0 spiro atoms. The van der Waals surface area contributed by atoms with Crippen molar-refractivity contribution in [3.8, 4) is 17.2 Å². The lowest BCUT2D eigenvalue weighted by Crippen LogP contribution is -2.09. The van der Waals surface area contributed by atoms with Gasteiger partial charge in [0.15, 0.2) is 11.5 Å². The number of non-ortho nitro benzene ring substituents is 1. The Morgan fingerprint density at radius 1 is 1.00 bits per heavy atom. The maximum atomic E-state index is 10.8. The topological polar surface area (TPSA) is 70.8 Å². The van der Waals surface area contributed by atoms with Crippen molar-refractivity contribution >= 4 is 5.69 Å². The Labute approximate surface area is 128 Å². The summed E-state index contributed by atoms with van der Waals surface area (Å²) in [6.45, 7) is 2.59. The Kier molecular flexibility index (Phi) is 5.19. The normalized spacial score (nSPS) is 10.1. The largest absolute Gasteiger partial charge is 0.493 e. The first-order chi connectivity index (χ1) is 10.6. The molecule has 2 aromatic rings. The fourth-order valence-corrected chi connectivity index (χ4v) is 1.84. The number of methoxy groups -OCH3 is 1. The second kappa shape index (κ2) is 7.31. The zero-order chi connectivity index (χ0) is 15.9. The molecule has 0 amide bonds. The Hall–Kier alpha value is -2.76. The molecule has 0 N–H and O–H groups in total. The average molecular weight is 303 g/mol. The molecule has 0 saturated heterocycles. The molecule has 116 valence electrons. The summed E-state index contributed by atoms with van der Waals surface area (Å²) >= 11 is 0. The number of nitro benzene ring substituents is 1. The van der Waals surface area contributed by atoms with Gasteiger partial charge in [0.05, 0.1) is 18.1 Å². The van der Waals surface area contributed by atoms with Gasteiger partial charge in [0.1, 0.15) is 19.0 Å². The standard InChI is InChI=1S/C16H17NO5/c1-12-3-6-14(7-4-12)21-9-10-22-16-11-13(17(18)19)5-8-15(16)20-2/h3-8,11H,9-10H2,1-2H3. The molecule has 6 heteroatoms. The number of rotatable bonds is 7. The van der Waals surface area contributed by atoms with E-state index in [1.54, 1.807) is 0 Å². The minimum Gasteiger partial charge on any atom is -0.493 e. The van der Waals surface area contributed by atoms with Gasteiger partial charge < -0.3 is 14.2 Å². The van der Waals surface area contributed by atoms with Gasteiger partial charge in [-0.15, -0.1) is 0 Å². The number of nitro groups is 1.